The minimum atomic E-state index is -2.96. The number of piperazine rings is 1. The second kappa shape index (κ2) is 10.0. The maximum absolute atomic E-state index is 11.5. The van der Waals surface area contributed by atoms with Crippen LogP contribution >= 0.6 is 11.6 Å². The van der Waals surface area contributed by atoms with Crippen LogP contribution < -0.4 is 10.2 Å². The van der Waals surface area contributed by atoms with E-state index in [0.29, 0.717) is 13.0 Å². The van der Waals surface area contributed by atoms with Crippen LogP contribution in [-0.2, 0) is 9.84 Å². The van der Waals surface area contributed by atoms with E-state index in [4.69, 9.17) is 16.6 Å². The van der Waals surface area contributed by atoms with E-state index >= 15 is 0 Å². The first-order valence-electron chi connectivity index (χ1n) is 10.2. The highest BCUT2D eigenvalue weighted by Crippen LogP contribution is 2.25. The molecule has 164 valence electrons. The van der Waals surface area contributed by atoms with Crippen LogP contribution in [0.1, 0.15) is 32.8 Å². The van der Waals surface area contributed by atoms with Crippen molar-refractivity contribution in [2.45, 2.75) is 34.1 Å². The number of guanidine groups is 1. The minimum Gasteiger partial charge on any atom is -0.368 e. The van der Waals surface area contributed by atoms with Crippen molar-refractivity contribution in [1.29, 1.82) is 0 Å². The van der Waals surface area contributed by atoms with Crippen LogP contribution in [0.5, 0.6) is 0 Å². The first kappa shape index (κ1) is 23.8. The summed E-state index contributed by atoms with van der Waals surface area (Å²) >= 11 is 6.19. The van der Waals surface area contributed by atoms with E-state index in [1.165, 1.54) is 17.5 Å². The van der Waals surface area contributed by atoms with E-state index in [1.54, 1.807) is 0 Å². The van der Waals surface area contributed by atoms with E-state index in [1.807, 2.05) is 12.1 Å². The molecule has 0 aromatic heterocycles. The third-order valence-corrected chi connectivity index (χ3v) is 6.41. The quantitative estimate of drug-likeness (QED) is 0.519. The molecule has 0 unspecified atom stereocenters. The summed E-state index contributed by atoms with van der Waals surface area (Å²) in [6, 6.07) is 6.03. The van der Waals surface area contributed by atoms with Gasteiger partial charge in [-0.15, -0.1) is 0 Å². The molecule has 0 amide bonds. The van der Waals surface area contributed by atoms with Crippen LogP contribution in [0.3, 0.4) is 0 Å². The fraction of sp³-hybridized carbons (Fsp3) is 0.667. The molecule has 8 heteroatoms. The molecule has 1 aromatic carbocycles. The van der Waals surface area contributed by atoms with Gasteiger partial charge in [-0.2, -0.15) is 0 Å². The highest BCUT2D eigenvalue weighted by molar-refractivity contribution is 7.90. The van der Waals surface area contributed by atoms with E-state index in [-0.39, 0.29) is 11.2 Å². The van der Waals surface area contributed by atoms with E-state index in [0.717, 1.165) is 43.7 Å². The van der Waals surface area contributed by atoms with Gasteiger partial charge in [0.2, 0.25) is 0 Å². The minimum absolute atomic E-state index is 0.163. The van der Waals surface area contributed by atoms with Crippen molar-refractivity contribution in [2.24, 2.45) is 10.4 Å². The van der Waals surface area contributed by atoms with Crippen molar-refractivity contribution in [2.75, 3.05) is 56.2 Å². The molecule has 1 aliphatic rings. The first-order valence-corrected chi connectivity index (χ1v) is 12.7. The van der Waals surface area contributed by atoms with Gasteiger partial charge in [-0.25, -0.2) is 8.42 Å². The topological polar surface area (TPSA) is 65.0 Å². The summed E-state index contributed by atoms with van der Waals surface area (Å²) < 4.78 is 23.0. The highest BCUT2D eigenvalue weighted by Gasteiger charge is 2.23. The highest BCUT2D eigenvalue weighted by atomic mass is 35.5. The van der Waals surface area contributed by atoms with Gasteiger partial charge in [0, 0.05) is 56.2 Å². The van der Waals surface area contributed by atoms with Crippen molar-refractivity contribution >= 4 is 33.1 Å². The van der Waals surface area contributed by atoms with Crippen LogP contribution in [0.15, 0.2) is 23.2 Å². The van der Waals surface area contributed by atoms with Crippen molar-refractivity contribution in [3.63, 3.8) is 0 Å². The summed E-state index contributed by atoms with van der Waals surface area (Å²) in [6.07, 6.45) is 1.90. The van der Waals surface area contributed by atoms with Crippen LogP contribution in [0.25, 0.3) is 0 Å². The Bertz CT molecular complexity index is 816. The standard InChI is InChI=1S/C21H35ClN4O2S/c1-6-23-20(24-16-21(3,4)9-14-29(5,27)28)26-12-10-25(11-13-26)19-15-18(22)8-7-17(19)2/h7-8,15H,6,9-14,16H2,1-5H3,(H,23,24). The zero-order valence-corrected chi connectivity index (χ0v) is 19.9. The molecule has 1 fully saturated rings. The van der Waals surface area contributed by atoms with Crippen molar-refractivity contribution in [1.82, 2.24) is 10.2 Å². The molecular formula is C21H35ClN4O2S. The molecule has 1 aromatic rings. The van der Waals surface area contributed by atoms with Gasteiger partial charge in [0.25, 0.3) is 0 Å². The molecule has 0 saturated carbocycles. The van der Waals surface area contributed by atoms with Gasteiger partial charge < -0.3 is 15.1 Å². The number of sulfone groups is 1. The molecule has 6 nitrogen and oxygen atoms in total. The molecule has 2 rings (SSSR count). The smallest absolute Gasteiger partial charge is 0.194 e. The number of benzene rings is 1. The monoisotopic (exact) mass is 442 g/mol. The van der Waals surface area contributed by atoms with E-state index in [9.17, 15) is 8.42 Å². The second-order valence-corrected chi connectivity index (χ2v) is 11.3. The Morgan fingerprint density at radius 1 is 1.24 bits per heavy atom. The lowest BCUT2D eigenvalue weighted by Gasteiger charge is -2.38. The lowest BCUT2D eigenvalue weighted by Crippen LogP contribution is -2.53. The van der Waals surface area contributed by atoms with Gasteiger partial charge in [0.1, 0.15) is 9.84 Å². The molecule has 29 heavy (non-hydrogen) atoms. The average Bonchev–Trinajstić information content (AvgIpc) is 2.65. The predicted molar refractivity (Wildman–Crippen MR) is 124 cm³/mol. The second-order valence-electron chi connectivity index (χ2n) is 8.62. The summed E-state index contributed by atoms with van der Waals surface area (Å²) in [5.41, 5.74) is 2.26. The first-order chi connectivity index (χ1) is 13.5. The lowest BCUT2D eigenvalue weighted by molar-refractivity contribution is 0.348. The number of rotatable bonds is 7. The van der Waals surface area contributed by atoms with Crippen LogP contribution in [-0.4, -0.2) is 70.6 Å². The van der Waals surface area contributed by atoms with Crippen LogP contribution in [0.2, 0.25) is 5.02 Å². The molecule has 0 bridgehead atoms. The Morgan fingerprint density at radius 2 is 1.90 bits per heavy atom. The molecular weight excluding hydrogens is 408 g/mol. The Balaban J connectivity index is 2.01. The molecule has 0 spiro atoms. The molecule has 1 N–H and O–H groups in total. The fourth-order valence-electron chi connectivity index (χ4n) is 3.34. The number of nitrogens with zero attached hydrogens (tertiary/aromatic N) is 3. The lowest BCUT2D eigenvalue weighted by atomic mass is 9.90. The Morgan fingerprint density at radius 3 is 2.48 bits per heavy atom. The molecule has 0 radical (unpaired) electrons. The Labute approximate surface area is 181 Å². The zero-order chi connectivity index (χ0) is 21.7. The predicted octanol–water partition coefficient (Wildman–Crippen LogP) is 3.20. The van der Waals surface area contributed by atoms with Gasteiger partial charge in [-0.3, -0.25) is 4.99 Å². The van der Waals surface area contributed by atoms with Gasteiger partial charge in [-0.1, -0.05) is 31.5 Å². The number of aliphatic imine (C=N–C) groups is 1. The molecule has 1 heterocycles. The summed E-state index contributed by atoms with van der Waals surface area (Å²) in [5.74, 6) is 1.10. The van der Waals surface area contributed by atoms with E-state index < -0.39 is 9.84 Å². The summed E-state index contributed by atoms with van der Waals surface area (Å²) in [5, 5.41) is 4.15. The van der Waals surface area contributed by atoms with Gasteiger partial charge in [0.15, 0.2) is 5.96 Å². The normalized spacial score (nSPS) is 16.3. The summed E-state index contributed by atoms with van der Waals surface area (Å²) in [4.78, 5) is 9.49. The number of anilines is 1. The molecule has 0 aliphatic carbocycles. The number of aryl methyl sites for hydroxylation is 1. The number of nitrogens with one attached hydrogen (secondary N) is 1. The van der Waals surface area contributed by atoms with Crippen molar-refractivity contribution in [3.8, 4) is 0 Å². The number of halogens is 1. The largest absolute Gasteiger partial charge is 0.368 e. The Hall–Kier alpha value is -1.47. The van der Waals surface area contributed by atoms with Crippen LogP contribution in [0.4, 0.5) is 5.69 Å². The van der Waals surface area contributed by atoms with E-state index in [2.05, 4.69) is 48.9 Å². The average molecular weight is 443 g/mol. The van der Waals surface area contributed by atoms with Crippen molar-refractivity contribution < 1.29 is 8.42 Å². The molecule has 1 aliphatic heterocycles. The number of hydrogen-bond acceptors (Lipinski definition) is 4. The number of hydrogen-bond donors (Lipinski definition) is 1. The summed E-state index contributed by atoms with van der Waals surface area (Å²) in [6.45, 7) is 13.3. The zero-order valence-electron chi connectivity index (χ0n) is 18.3. The van der Waals surface area contributed by atoms with Crippen molar-refractivity contribution in [3.05, 3.63) is 28.8 Å². The molecule has 1 saturated heterocycles. The maximum atomic E-state index is 11.5. The van der Waals surface area contributed by atoms with Crippen LogP contribution in [0, 0.1) is 12.3 Å². The van der Waals surface area contributed by atoms with Gasteiger partial charge in [0.05, 0.1) is 5.75 Å². The Kier molecular flexibility index (Phi) is 8.23. The van der Waals surface area contributed by atoms with Gasteiger partial charge in [-0.05, 0) is 43.4 Å². The fourth-order valence-corrected chi connectivity index (χ4v) is 4.43. The summed E-state index contributed by atoms with van der Waals surface area (Å²) in [7, 11) is -2.96. The maximum Gasteiger partial charge on any atom is 0.194 e. The third kappa shape index (κ3) is 7.70. The SMILES string of the molecule is CCNC(=NCC(C)(C)CCS(C)(=O)=O)N1CCN(c2cc(Cl)ccc2C)CC1. The van der Waals surface area contributed by atoms with Gasteiger partial charge >= 0.3 is 0 Å². The third-order valence-electron chi connectivity index (χ3n) is 5.23. The molecule has 0 atom stereocenters.